The third-order valence-corrected chi connectivity index (χ3v) is 10.1. The highest BCUT2D eigenvalue weighted by molar-refractivity contribution is 5.95. The number of carbonyl (C=O) groups excluding carboxylic acids is 5. The molecule has 5 atom stereocenters. The molecule has 23 heteroatoms. The highest BCUT2D eigenvalue weighted by atomic mass is 16.5. The van der Waals surface area contributed by atoms with E-state index < -0.39 is 60.4 Å². The van der Waals surface area contributed by atoms with Crippen molar-refractivity contribution in [2.45, 2.75) is 109 Å². The molecule has 0 fully saturated rings. The minimum absolute atomic E-state index is 0.00202. The van der Waals surface area contributed by atoms with E-state index in [2.05, 4.69) is 80.7 Å². The second-order valence-electron chi connectivity index (χ2n) is 16.3. The van der Waals surface area contributed by atoms with Crippen LogP contribution in [0.4, 0.5) is 0 Å². The van der Waals surface area contributed by atoms with Gasteiger partial charge >= 0.3 is 5.97 Å². The summed E-state index contributed by atoms with van der Waals surface area (Å²) in [5, 5.41) is 10.7. The summed E-state index contributed by atoms with van der Waals surface area (Å²) in [4.78, 5) is 83.7. The Labute approximate surface area is 399 Å². The first-order valence-electron chi connectivity index (χ1n) is 22.4. The summed E-state index contributed by atoms with van der Waals surface area (Å²) in [6, 6.07) is 2.34. The van der Waals surface area contributed by atoms with Crippen molar-refractivity contribution in [1.82, 2.24) is 21.3 Å². The van der Waals surface area contributed by atoms with E-state index in [9.17, 15) is 24.0 Å². The van der Waals surface area contributed by atoms with Crippen molar-refractivity contribution in [3.05, 3.63) is 60.2 Å². The average molecular weight is 953 g/mol. The first-order valence-corrected chi connectivity index (χ1v) is 22.4. The Hall–Kier alpha value is -7.33. The molecule has 20 N–H and O–H groups in total. The Morgan fingerprint density at radius 1 is 0.647 bits per heavy atom. The molecule has 0 aliphatic rings. The SMILES string of the molecule is C=C[C@](C)(/C=C/c1ccc(OCC(=O)N[C@@H](CCCN=C(N)N)C(=O)N[C@@H](CCCN=C(N)N)C(=O)N[C@@H](CCCN=C(N)N)C(=O)N[C@@H](CCCN=C(N)N)C(=O)OC)cc1)CCC=C(C)C. The third-order valence-electron chi connectivity index (χ3n) is 10.1. The minimum atomic E-state index is -1.27. The maximum absolute atomic E-state index is 14.1. The van der Waals surface area contributed by atoms with Crippen molar-refractivity contribution in [3.63, 3.8) is 0 Å². The number of esters is 1. The molecule has 0 saturated heterocycles. The second kappa shape index (κ2) is 32.4. The monoisotopic (exact) mass is 953 g/mol. The van der Waals surface area contributed by atoms with Crippen LogP contribution in [0.5, 0.6) is 5.75 Å². The Bertz CT molecular complexity index is 1950. The molecule has 1 aromatic carbocycles. The molecule has 378 valence electrons. The van der Waals surface area contributed by atoms with Gasteiger partial charge in [0.15, 0.2) is 30.4 Å². The third kappa shape index (κ3) is 26.6. The van der Waals surface area contributed by atoms with Crippen LogP contribution in [-0.4, -0.2) is 117 Å². The number of guanidine groups is 4. The fourth-order valence-corrected chi connectivity index (χ4v) is 6.30. The number of amides is 4. The first kappa shape index (κ1) is 58.7. The average Bonchev–Trinajstić information content (AvgIpc) is 3.28. The van der Waals surface area contributed by atoms with Crippen molar-refractivity contribution < 1.29 is 33.4 Å². The maximum Gasteiger partial charge on any atom is 0.328 e. The number of methoxy groups -OCH3 is 1. The topological polar surface area (TPSA) is 410 Å². The number of carbonyl (C=O) groups is 5. The summed E-state index contributed by atoms with van der Waals surface area (Å²) in [7, 11) is 1.16. The maximum atomic E-state index is 14.1. The number of nitrogens with two attached hydrogens (primary N) is 8. The van der Waals surface area contributed by atoms with Crippen molar-refractivity contribution in [3.8, 4) is 5.75 Å². The predicted octanol–water partition coefficient (Wildman–Crippen LogP) is -0.656. The highest BCUT2D eigenvalue weighted by Gasteiger charge is 2.31. The minimum Gasteiger partial charge on any atom is -0.484 e. The van der Waals surface area contributed by atoms with E-state index in [-0.39, 0.29) is 100 Å². The second-order valence-corrected chi connectivity index (χ2v) is 16.3. The lowest BCUT2D eigenvalue weighted by Gasteiger charge is -2.26. The van der Waals surface area contributed by atoms with Crippen molar-refractivity contribution in [2.75, 3.05) is 39.9 Å². The summed E-state index contributed by atoms with van der Waals surface area (Å²) in [6.07, 6.45) is 11.3. The van der Waals surface area contributed by atoms with Crippen LogP contribution in [0.2, 0.25) is 0 Å². The van der Waals surface area contributed by atoms with Gasteiger partial charge in [0.1, 0.15) is 29.9 Å². The Morgan fingerprint density at radius 3 is 1.43 bits per heavy atom. The first-order chi connectivity index (χ1) is 32.2. The molecule has 1 rings (SSSR count). The van der Waals surface area contributed by atoms with E-state index in [1.165, 1.54) is 5.57 Å². The highest BCUT2D eigenvalue weighted by Crippen LogP contribution is 2.28. The van der Waals surface area contributed by atoms with Gasteiger partial charge in [-0.2, -0.15) is 0 Å². The van der Waals surface area contributed by atoms with Gasteiger partial charge < -0.3 is 76.6 Å². The summed E-state index contributed by atoms with van der Waals surface area (Å²) in [6.45, 7) is 10.4. The number of aliphatic imine (C=N–C) groups is 4. The summed E-state index contributed by atoms with van der Waals surface area (Å²) in [5.74, 6) is -3.82. The van der Waals surface area contributed by atoms with E-state index in [1.807, 2.05) is 24.3 Å². The Balaban J connectivity index is 3.33. The smallest absolute Gasteiger partial charge is 0.328 e. The van der Waals surface area contributed by atoms with Gasteiger partial charge in [0.2, 0.25) is 17.7 Å². The van der Waals surface area contributed by atoms with Crippen LogP contribution in [0.1, 0.15) is 90.5 Å². The number of hydrogen-bond acceptors (Lipinski definition) is 11. The van der Waals surface area contributed by atoms with Gasteiger partial charge in [0, 0.05) is 31.6 Å². The van der Waals surface area contributed by atoms with E-state index >= 15 is 0 Å². The van der Waals surface area contributed by atoms with Crippen molar-refractivity contribution in [1.29, 1.82) is 0 Å². The molecule has 0 saturated carbocycles. The molecule has 0 heterocycles. The largest absolute Gasteiger partial charge is 0.484 e. The fourth-order valence-electron chi connectivity index (χ4n) is 6.30. The zero-order chi connectivity index (χ0) is 51.1. The van der Waals surface area contributed by atoms with Gasteiger partial charge in [-0.3, -0.25) is 39.1 Å². The van der Waals surface area contributed by atoms with Crippen LogP contribution in [0.25, 0.3) is 6.08 Å². The van der Waals surface area contributed by atoms with Crippen LogP contribution in [0.15, 0.2) is 74.6 Å². The molecule has 0 bridgehead atoms. The molecular formula is C45H76N16O7. The molecule has 68 heavy (non-hydrogen) atoms. The van der Waals surface area contributed by atoms with Gasteiger partial charge in [-0.15, -0.1) is 6.58 Å². The van der Waals surface area contributed by atoms with Crippen LogP contribution >= 0.6 is 0 Å². The molecule has 0 aliphatic heterocycles. The molecule has 1 aromatic rings. The number of hydrogen-bond donors (Lipinski definition) is 12. The standard InChI is InChI=1S/C45H76N16O7/c1-6-45(4,22-7-12-29(2)3)23-21-30-17-19-31(20-18-30)68-28-36(62)58-32(13-8-24-54-41(46)47)37(63)59-33(14-9-25-55-42(48)49)38(64)60-34(15-10-26-56-43(50)51)39(65)61-35(40(66)67-5)16-11-27-57-44(52)53/h6,12,17-21,23,32-35H,1,7-11,13-16,22,24-28H2,2-5H3,(H,58,62)(H,59,63)(H,60,64)(H,61,65)(H4,46,47,54)(H4,48,49,55)(H4,50,51,56)(H4,52,53,57)/b23-21+/t32-,33-,34-,35-,45-/m0/s1. The predicted molar refractivity (Wildman–Crippen MR) is 267 cm³/mol. The number of rotatable bonds is 33. The normalized spacial score (nSPS) is 13.4. The van der Waals surface area contributed by atoms with Gasteiger partial charge in [-0.1, -0.05) is 48.9 Å². The summed E-state index contributed by atoms with van der Waals surface area (Å²) >= 11 is 0. The molecule has 4 amide bonds. The zero-order valence-corrected chi connectivity index (χ0v) is 40.0. The summed E-state index contributed by atoms with van der Waals surface area (Å²) < 4.78 is 10.7. The Morgan fingerprint density at radius 2 is 1.04 bits per heavy atom. The fraction of sp³-hybridized carbons (Fsp3) is 0.533. The quantitative estimate of drug-likeness (QED) is 0.0137. The van der Waals surface area contributed by atoms with E-state index in [0.29, 0.717) is 12.2 Å². The van der Waals surface area contributed by atoms with Gasteiger partial charge in [0.25, 0.3) is 5.91 Å². The van der Waals surface area contributed by atoms with Gasteiger partial charge in [0.05, 0.1) is 7.11 Å². The van der Waals surface area contributed by atoms with Crippen LogP contribution in [-0.2, 0) is 28.7 Å². The number of nitrogens with one attached hydrogen (secondary N) is 4. The number of allylic oxidation sites excluding steroid dienone is 4. The van der Waals surface area contributed by atoms with E-state index in [4.69, 9.17) is 55.3 Å². The van der Waals surface area contributed by atoms with E-state index in [1.54, 1.807) is 12.1 Å². The molecular weight excluding hydrogens is 877 g/mol. The Kier molecular flexibility index (Phi) is 27.9. The molecule has 0 unspecified atom stereocenters. The van der Waals surface area contributed by atoms with Crippen LogP contribution in [0.3, 0.4) is 0 Å². The number of ether oxygens (including phenoxy) is 2. The zero-order valence-electron chi connectivity index (χ0n) is 40.0. The summed E-state index contributed by atoms with van der Waals surface area (Å²) in [5.41, 5.74) is 45.8. The van der Waals surface area contributed by atoms with Crippen molar-refractivity contribution in [2.24, 2.45) is 71.3 Å². The molecule has 0 radical (unpaired) electrons. The number of benzene rings is 1. The van der Waals surface area contributed by atoms with Crippen LogP contribution < -0.4 is 71.9 Å². The lowest BCUT2D eigenvalue weighted by Crippen LogP contribution is -2.58. The molecule has 0 aliphatic carbocycles. The molecule has 23 nitrogen and oxygen atoms in total. The van der Waals surface area contributed by atoms with Crippen molar-refractivity contribution >= 4 is 59.5 Å². The van der Waals surface area contributed by atoms with E-state index in [0.717, 1.165) is 25.5 Å². The lowest BCUT2D eigenvalue weighted by atomic mass is 9.84. The van der Waals surface area contributed by atoms with Crippen LogP contribution in [0, 0.1) is 5.41 Å². The number of nitrogens with zero attached hydrogens (tertiary/aromatic N) is 4. The van der Waals surface area contributed by atoms with Gasteiger partial charge in [-0.05, 0) is 95.8 Å². The van der Waals surface area contributed by atoms with Gasteiger partial charge in [-0.25, -0.2) is 4.79 Å². The lowest BCUT2D eigenvalue weighted by molar-refractivity contribution is -0.145. The molecule has 0 aromatic heterocycles. The molecule has 0 spiro atoms.